The van der Waals surface area contributed by atoms with Crippen LogP contribution in [0.25, 0.3) is 11.0 Å². The van der Waals surface area contributed by atoms with Gasteiger partial charge in [-0.15, -0.1) is 0 Å². The number of hydrogen-bond donors (Lipinski definition) is 2. The standard InChI is InChI=1S/C25H26N4O2S/c30-15-13-27(14-16-31)18-29-20-8-2-1-7-19(20)26-25(29)17-28-21-9-3-5-11-23(21)32-24-12-6-4-10-22(24)28/h1-12,30-31H,13-18H2. The molecular formula is C25H26N4O2S. The van der Waals surface area contributed by atoms with Crippen molar-refractivity contribution in [3.63, 3.8) is 0 Å². The summed E-state index contributed by atoms with van der Waals surface area (Å²) in [5.74, 6) is 0.948. The summed E-state index contributed by atoms with van der Waals surface area (Å²) in [5.41, 5.74) is 4.36. The quantitative estimate of drug-likeness (QED) is 0.425. The molecule has 0 atom stereocenters. The number of nitrogens with zero attached hydrogens (tertiary/aromatic N) is 4. The molecule has 1 aromatic heterocycles. The first-order chi connectivity index (χ1) is 15.8. The molecule has 7 heteroatoms. The number of hydrogen-bond acceptors (Lipinski definition) is 6. The Hall–Kier alpha value is -2.84. The van der Waals surface area contributed by atoms with Crippen molar-refractivity contribution in [2.45, 2.75) is 23.0 Å². The first kappa shape index (κ1) is 21.0. The molecule has 5 rings (SSSR count). The molecule has 0 bridgehead atoms. The van der Waals surface area contributed by atoms with E-state index in [4.69, 9.17) is 4.98 Å². The summed E-state index contributed by atoms with van der Waals surface area (Å²) in [6.07, 6.45) is 0. The smallest absolute Gasteiger partial charge is 0.131 e. The molecule has 0 aliphatic carbocycles. The zero-order chi connectivity index (χ0) is 21.9. The third-order valence-corrected chi connectivity index (χ3v) is 6.87. The van der Waals surface area contributed by atoms with Crippen molar-refractivity contribution < 1.29 is 10.2 Å². The van der Waals surface area contributed by atoms with E-state index >= 15 is 0 Å². The lowest BCUT2D eigenvalue weighted by Gasteiger charge is -2.33. The molecule has 1 aliphatic heterocycles. The van der Waals surface area contributed by atoms with Gasteiger partial charge in [0.25, 0.3) is 0 Å². The van der Waals surface area contributed by atoms with Gasteiger partial charge in [0, 0.05) is 22.9 Å². The summed E-state index contributed by atoms with van der Waals surface area (Å²) in [4.78, 5) is 11.8. The molecule has 164 valence electrons. The molecule has 3 aromatic carbocycles. The van der Waals surface area contributed by atoms with Gasteiger partial charge in [0.2, 0.25) is 0 Å². The third-order valence-electron chi connectivity index (χ3n) is 5.74. The molecule has 0 spiro atoms. The molecule has 2 heterocycles. The lowest BCUT2D eigenvalue weighted by molar-refractivity contribution is 0.134. The van der Waals surface area contributed by atoms with Crippen molar-refractivity contribution in [2.75, 3.05) is 31.2 Å². The van der Waals surface area contributed by atoms with Gasteiger partial charge in [0.1, 0.15) is 5.82 Å². The summed E-state index contributed by atoms with van der Waals surface area (Å²) < 4.78 is 2.20. The maximum absolute atomic E-state index is 9.50. The highest BCUT2D eigenvalue weighted by atomic mass is 32.2. The molecule has 0 saturated heterocycles. The third kappa shape index (κ3) is 4.00. The number of anilines is 2. The zero-order valence-corrected chi connectivity index (χ0v) is 18.6. The van der Waals surface area contributed by atoms with Gasteiger partial charge in [0.15, 0.2) is 0 Å². The summed E-state index contributed by atoms with van der Waals surface area (Å²) in [6.45, 7) is 2.27. The van der Waals surface area contributed by atoms with Crippen LogP contribution in [0.4, 0.5) is 11.4 Å². The molecule has 1 aliphatic rings. The summed E-state index contributed by atoms with van der Waals surface area (Å²) >= 11 is 1.80. The Morgan fingerprint density at radius 2 is 1.38 bits per heavy atom. The van der Waals surface area contributed by atoms with Crippen molar-refractivity contribution in [1.82, 2.24) is 14.5 Å². The average Bonchev–Trinajstić information content (AvgIpc) is 3.16. The highest BCUT2D eigenvalue weighted by Gasteiger charge is 2.25. The van der Waals surface area contributed by atoms with Crippen LogP contribution in [0.5, 0.6) is 0 Å². The van der Waals surface area contributed by atoms with Gasteiger partial charge in [-0.25, -0.2) is 4.98 Å². The maximum Gasteiger partial charge on any atom is 0.131 e. The number of aliphatic hydroxyl groups is 2. The molecule has 0 fully saturated rings. The van der Waals surface area contributed by atoms with Gasteiger partial charge in [-0.3, -0.25) is 4.90 Å². The Morgan fingerprint density at radius 1 is 0.781 bits per heavy atom. The second kappa shape index (κ2) is 9.34. The summed E-state index contributed by atoms with van der Waals surface area (Å²) in [6, 6.07) is 25.1. The van der Waals surface area contributed by atoms with E-state index in [-0.39, 0.29) is 13.2 Å². The Morgan fingerprint density at radius 3 is 2.03 bits per heavy atom. The number of imidazole rings is 1. The van der Waals surface area contributed by atoms with Crippen molar-refractivity contribution >= 4 is 34.2 Å². The van der Waals surface area contributed by atoms with Crippen LogP contribution in [0.1, 0.15) is 5.82 Å². The maximum atomic E-state index is 9.50. The highest BCUT2D eigenvalue weighted by molar-refractivity contribution is 7.99. The van der Waals surface area contributed by atoms with Crippen LogP contribution in [0.2, 0.25) is 0 Å². The molecule has 0 radical (unpaired) electrons. The first-order valence-electron chi connectivity index (χ1n) is 10.8. The average molecular weight is 447 g/mol. The Kier molecular flexibility index (Phi) is 6.14. The summed E-state index contributed by atoms with van der Waals surface area (Å²) in [5, 5.41) is 19.0. The molecule has 2 N–H and O–H groups in total. The van der Waals surface area contributed by atoms with Gasteiger partial charge in [0.05, 0.1) is 48.8 Å². The van der Waals surface area contributed by atoms with Crippen LogP contribution in [-0.2, 0) is 13.2 Å². The fourth-order valence-electron chi connectivity index (χ4n) is 4.23. The number of aliphatic hydroxyl groups excluding tert-OH is 2. The SMILES string of the molecule is OCCN(CCO)Cn1c(CN2c3ccccc3Sc3ccccc32)nc2ccccc21. The van der Waals surface area contributed by atoms with Gasteiger partial charge in [-0.05, 0) is 36.4 Å². The van der Waals surface area contributed by atoms with E-state index in [9.17, 15) is 10.2 Å². The number of rotatable bonds is 8. The van der Waals surface area contributed by atoms with E-state index in [0.29, 0.717) is 26.3 Å². The monoisotopic (exact) mass is 446 g/mol. The van der Waals surface area contributed by atoms with Crippen molar-refractivity contribution in [3.8, 4) is 0 Å². The van der Waals surface area contributed by atoms with E-state index in [0.717, 1.165) is 16.9 Å². The number of para-hydroxylation sites is 4. The number of fused-ring (bicyclic) bond motifs is 3. The predicted molar refractivity (Wildman–Crippen MR) is 128 cm³/mol. The number of aromatic nitrogens is 2. The van der Waals surface area contributed by atoms with Crippen LogP contribution >= 0.6 is 11.8 Å². The molecule has 0 saturated carbocycles. The molecule has 6 nitrogen and oxygen atoms in total. The fraction of sp³-hybridized carbons (Fsp3) is 0.240. The normalized spacial score (nSPS) is 12.9. The largest absolute Gasteiger partial charge is 0.395 e. The minimum atomic E-state index is 0.0477. The minimum absolute atomic E-state index is 0.0477. The minimum Gasteiger partial charge on any atom is -0.395 e. The van der Waals surface area contributed by atoms with Crippen LogP contribution in [0, 0.1) is 0 Å². The van der Waals surface area contributed by atoms with Crippen LogP contribution in [0.3, 0.4) is 0 Å². The number of benzene rings is 3. The fourth-order valence-corrected chi connectivity index (χ4v) is 5.33. The van der Waals surface area contributed by atoms with Crippen molar-refractivity contribution in [1.29, 1.82) is 0 Å². The van der Waals surface area contributed by atoms with Crippen LogP contribution < -0.4 is 4.90 Å². The lowest BCUT2D eigenvalue weighted by Crippen LogP contribution is -2.33. The molecule has 0 unspecified atom stereocenters. The molecular weight excluding hydrogens is 420 g/mol. The predicted octanol–water partition coefficient (Wildman–Crippen LogP) is 4.08. The van der Waals surface area contributed by atoms with Gasteiger partial charge in [-0.2, -0.15) is 0 Å². The van der Waals surface area contributed by atoms with Crippen LogP contribution in [0.15, 0.2) is 82.6 Å². The van der Waals surface area contributed by atoms with Gasteiger partial charge >= 0.3 is 0 Å². The van der Waals surface area contributed by atoms with Gasteiger partial charge < -0.3 is 19.7 Å². The Bertz CT molecular complexity index is 1170. The highest BCUT2D eigenvalue weighted by Crippen LogP contribution is 2.48. The second-order valence-corrected chi connectivity index (χ2v) is 8.86. The first-order valence-corrected chi connectivity index (χ1v) is 11.6. The van der Waals surface area contributed by atoms with E-state index in [1.54, 1.807) is 11.8 Å². The summed E-state index contributed by atoms with van der Waals surface area (Å²) in [7, 11) is 0. The topological polar surface area (TPSA) is 64.8 Å². The van der Waals surface area contributed by atoms with Crippen molar-refractivity contribution in [3.05, 3.63) is 78.6 Å². The Balaban J connectivity index is 1.58. The van der Waals surface area contributed by atoms with E-state index in [1.807, 2.05) is 23.1 Å². The molecule has 32 heavy (non-hydrogen) atoms. The molecule has 4 aromatic rings. The molecule has 0 amide bonds. The van der Waals surface area contributed by atoms with Crippen molar-refractivity contribution in [2.24, 2.45) is 0 Å². The van der Waals surface area contributed by atoms with Crippen LogP contribution in [-0.4, -0.2) is 51.0 Å². The van der Waals surface area contributed by atoms with Gasteiger partial charge in [-0.1, -0.05) is 48.2 Å². The lowest BCUT2D eigenvalue weighted by atomic mass is 10.2. The Labute approximate surface area is 191 Å². The zero-order valence-electron chi connectivity index (χ0n) is 17.8. The van der Waals surface area contributed by atoms with E-state index in [1.165, 1.54) is 21.2 Å². The van der Waals surface area contributed by atoms with E-state index < -0.39 is 0 Å². The second-order valence-electron chi connectivity index (χ2n) is 7.78. The van der Waals surface area contributed by atoms with E-state index in [2.05, 4.69) is 64.1 Å².